The molecule has 0 aromatic heterocycles. The van der Waals surface area contributed by atoms with Crippen molar-refractivity contribution >= 4 is 0 Å². The third-order valence-corrected chi connectivity index (χ3v) is 2.84. The van der Waals surface area contributed by atoms with Crippen LogP contribution in [0.5, 0.6) is 11.5 Å². The van der Waals surface area contributed by atoms with Crippen LogP contribution < -0.4 is 14.8 Å². The van der Waals surface area contributed by atoms with E-state index in [9.17, 15) is 0 Å². The molecule has 1 N–H and O–H groups in total. The number of hydrogen-bond donors (Lipinski definition) is 1. The van der Waals surface area contributed by atoms with Crippen molar-refractivity contribution in [1.82, 2.24) is 5.32 Å². The number of benzene rings is 1. The van der Waals surface area contributed by atoms with E-state index in [2.05, 4.69) is 11.4 Å². The molecule has 1 aromatic carbocycles. The van der Waals surface area contributed by atoms with Crippen molar-refractivity contribution in [3.8, 4) is 17.6 Å². The molecule has 1 fully saturated rings. The largest absolute Gasteiger partial charge is 0.493 e. The lowest BCUT2D eigenvalue weighted by molar-refractivity contribution is 0.161. The zero-order valence-electron chi connectivity index (χ0n) is 9.90. The first kappa shape index (κ1) is 11.7. The van der Waals surface area contributed by atoms with Crippen LogP contribution in [0.15, 0.2) is 18.2 Å². The second-order valence-corrected chi connectivity index (χ2v) is 4.06. The van der Waals surface area contributed by atoms with Gasteiger partial charge in [0.15, 0.2) is 11.5 Å². The van der Waals surface area contributed by atoms with Crippen LogP contribution in [0.2, 0.25) is 0 Å². The van der Waals surface area contributed by atoms with Gasteiger partial charge in [0.2, 0.25) is 0 Å². The zero-order valence-corrected chi connectivity index (χ0v) is 9.90. The molecule has 1 aliphatic rings. The number of ether oxygens (including phenoxy) is 2. The maximum atomic E-state index is 8.87. The highest BCUT2D eigenvalue weighted by Crippen LogP contribution is 2.29. The second-order valence-electron chi connectivity index (χ2n) is 4.06. The van der Waals surface area contributed by atoms with E-state index < -0.39 is 0 Å². The van der Waals surface area contributed by atoms with E-state index in [-0.39, 0.29) is 6.10 Å². The summed E-state index contributed by atoms with van der Waals surface area (Å²) in [5, 5.41) is 12.2. The van der Waals surface area contributed by atoms with Crippen molar-refractivity contribution in [3.63, 3.8) is 0 Å². The van der Waals surface area contributed by atoms with Gasteiger partial charge in [0.1, 0.15) is 6.10 Å². The fourth-order valence-corrected chi connectivity index (χ4v) is 1.94. The van der Waals surface area contributed by atoms with Crippen LogP contribution in [0.4, 0.5) is 0 Å². The topological polar surface area (TPSA) is 54.3 Å². The summed E-state index contributed by atoms with van der Waals surface area (Å²) in [7, 11) is 1.60. The Labute approximate surface area is 101 Å². The number of nitriles is 1. The molecule has 1 aromatic rings. The average Bonchev–Trinajstić information content (AvgIpc) is 2.40. The van der Waals surface area contributed by atoms with E-state index in [0.717, 1.165) is 25.9 Å². The summed E-state index contributed by atoms with van der Waals surface area (Å²) in [5.41, 5.74) is 0.588. The lowest BCUT2D eigenvalue weighted by Crippen LogP contribution is -2.37. The fraction of sp³-hybridized carbons (Fsp3) is 0.462. The molecular weight excluding hydrogens is 216 g/mol. The number of piperidine rings is 1. The zero-order chi connectivity index (χ0) is 12.1. The van der Waals surface area contributed by atoms with Crippen molar-refractivity contribution < 1.29 is 9.47 Å². The summed E-state index contributed by atoms with van der Waals surface area (Å²) in [6.45, 7) is 1.90. The Balaban J connectivity index is 2.14. The molecule has 0 bridgehead atoms. The first-order valence-corrected chi connectivity index (χ1v) is 5.79. The van der Waals surface area contributed by atoms with E-state index in [0.29, 0.717) is 17.1 Å². The van der Waals surface area contributed by atoms with E-state index in [1.165, 1.54) is 0 Å². The van der Waals surface area contributed by atoms with E-state index in [1.807, 2.05) is 0 Å². The van der Waals surface area contributed by atoms with Crippen LogP contribution in [0.1, 0.15) is 18.4 Å². The molecule has 90 valence electrons. The molecule has 2 rings (SSSR count). The summed E-state index contributed by atoms with van der Waals surface area (Å²) in [4.78, 5) is 0. The molecule has 0 spiro atoms. The third-order valence-electron chi connectivity index (χ3n) is 2.84. The maximum Gasteiger partial charge on any atom is 0.162 e. The van der Waals surface area contributed by atoms with Gasteiger partial charge in [0.05, 0.1) is 18.7 Å². The van der Waals surface area contributed by atoms with Gasteiger partial charge in [-0.1, -0.05) is 0 Å². The van der Waals surface area contributed by atoms with Gasteiger partial charge in [0, 0.05) is 12.6 Å². The Morgan fingerprint density at radius 1 is 1.41 bits per heavy atom. The molecule has 1 aliphatic heterocycles. The normalized spacial score (nSPS) is 19.4. The Hall–Kier alpha value is -1.73. The van der Waals surface area contributed by atoms with E-state index in [1.54, 1.807) is 25.3 Å². The van der Waals surface area contributed by atoms with Crippen LogP contribution in [0, 0.1) is 11.3 Å². The predicted molar refractivity (Wildman–Crippen MR) is 64.2 cm³/mol. The quantitative estimate of drug-likeness (QED) is 0.861. The average molecular weight is 232 g/mol. The van der Waals surface area contributed by atoms with Crippen molar-refractivity contribution in [1.29, 1.82) is 5.26 Å². The minimum Gasteiger partial charge on any atom is -0.493 e. The number of nitrogens with one attached hydrogen (secondary N) is 1. The van der Waals surface area contributed by atoms with Crippen molar-refractivity contribution in [3.05, 3.63) is 23.8 Å². The molecule has 0 radical (unpaired) electrons. The SMILES string of the molecule is COc1ccc(C#N)cc1OC1CCCNC1. The molecule has 1 saturated heterocycles. The van der Waals surface area contributed by atoms with Gasteiger partial charge in [-0.05, 0) is 31.5 Å². The Morgan fingerprint density at radius 2 is 2.29 bits per heavy atom. The molecule has 4 nitrogen and oxygen atoms in total. The molecule has 4 heteroatoms. The summed E-state index contributed by atoms with van der Waals surface area (Å²) < 4.78 is 11.1. The first-order valence-electron chi connectivity index (χ1n) is 5.79. The smallest absolute Gasteiger partial charge is 0.162 e. The van der Waals surface area contributed by atoms with Crippen LogP contribution in [0.25, 0.3) is 0 Å². The summed E-state index contributed by atoms with van der Waals surface area (Å²) in [5.74, 6) is 1.33. The van der Waals surface area contributed by atoms with Gasteiger partial charge < -0.3 is 14.8 Å². The minimum atomic E-state index is 0.159. The van der Waals surface area contributed by atoms with Gasteiger partial charge in [-0.3, -0.25) is 0 Å². The summed E-state index contributed by atoms with van der Waals surface area (Å²) in [6.07, 6.45) is 2.31. The standard InChI is InChI=1S/C13H16N2O2/c1-16-12-5-4-10(8-14)7-13(12)17-11-3-2-6-15-9-11/h4-5,7,11,15H,2-3,6,9H2,1H3. The molecule has 1 unspecified atom stereocenters. The third kappa shape index (κ3) is 2.89. The van der Waals surface area contributed by atoms with Crippen LogP contribution >= 0.6 is 0 Å². The van der Waals surface area contributed by atoms with Gasteiger partial charge in [-0.15, -0.1) is 0 Å². The Kier molecular flexibility index (Phi) is 3.84. The highest BCUT2D eigenvalue weighted by Gasteiger charge is 2.16. The first-order chi connectivity index (χ1) is 8.33. The number of nitrogens with zero attached hydrogens (tertiary/aromatic N) is 1. The summed E-state index contributed by atoms with van der Waals surface area (Å²) >= 11 is 0. The molecular formula is C13H16N2O2. The number of methoxy groups -OCH3 is 1. The molecule has 1 heterocycles. The van der Waals surface area contributed by atoms with Crippen molar-refractivity contribution in [2.45, 2.75) is 18.9 Å². The monoisotopic (exact) mass is 232 g/mol. The Morgan fingerprint density at radius 3 is 2.94 bits per heavy atom. The number of hydrogen-bond acceptors (Lipinski definition) is 4. The van der Waals surface area contributed by atoms with Crippen molar-refractivity contribution in [2.75, 3.05) is 20.2 Å². The number of rotatable bonds is 3. The highest BCUT2D eigenvalue weighted by atomic mass is 16.5. The van der Waals surface area contributed by atoms with Crippen LogP contribution in [-0.2, 0) is 0 Å². The molecule has 0 aliphatic carbocycles. The Bertz CT molecular complexity index is 420. The lowest BCUT2D eigenvalue weighted by Gasteiger charge is -2.24. The fourth-order valence-electron chi connectivity index (χ4n) is 1.94. The molecule has 17 heavy (non-hydrogen) atoms. The predicted octanol–water partition coefficient (Wildman–Crippen LogP) is 1.70. The van der Waals surface area contributed by atoms with Crippen molar-refractivity contribution in [2.24, 2.45) is 0 Å². The van der Waals surface area contributed by atoms with Gasteiger partial charge in [-0.2, -0.15) is 5.26 Å². The summed E-state index contributed by atoms with van der Waals surface area (Å²) in [6, 6.07) is 7.33. The van der Waals surface area contributed by atoms with E-state index in [4.69, 9.17) is 14.7 Å². The lowest BCUT2D eigenvalue weighted by atomic mass is 10.1. The van der Waals surface area contributed by atoms with Gasteiger partial charge >= 0.3 is 0 Å². The van der Waals surface area contributed by atoms with Gasteiger partial charge in [0.25, 0.3) is 0 Å². The molecule has 0 amide bonds. The maximum absolute atomic E-state index is 8.87. The van der Waals surface area contributed by atoms with Gasteiger partial charge in [-0.25, -0.2) is 0 Å². The van der Waals surface area contributed by atoms with E-state index >= 15 is 0 Å². The molecule has 0 saturated carbocycles. The minimum absolute atomic E-state index is 0.159. The van der Waals surface area contributed by atoms with Crippen LogP contribution in [-0.4, -0.2) is 26.3 Å². The second kappa shape index (κ2) is 5.55. The van der Waals surface area contributed by atoms with Crippen LogP contribution in [0.3, 0.4) is 0 Å². The molecule has 1 atom stereocenters. The highest BCUT2D eigenvalue weighted by molar-refractivity contribution is 5.46.